The predicted octanol–water partition coefficient (Wildman–Crippen LogP) is 2.16. The molecule has 0 saturated carbocycles. The van der Waals surface area contributed by atoms with E-state index < -0.39 is 5.97 Å². The lowest BCUT2D eigenvalue weighted by molar-refractivity contribution is -0.133. The highest BCUT2D eigenvalue weighted by Gasteiger charge is 2.20. The van der Waals surface area contributed by atoms with Crippen LogP contribution in [0, 0.1) is 5.92 Å². The van der Waals surface area contributed by atoms with Crippen LogP contribution < -0.4 is 0 Å². The summed E-state index contributed by atoms with van der Waals surface area (Å²) >= 11 is 3.26. The third-order valence-corrected chi connectivity index (χ3v) is 5.24. The second-order valence-electron chi connectivity index (χ2n) is 4.67. The first-order chi connectivity index (χ1) is 9.20. The van der Waals surface area contributed by atoms with Crippen LogP contribution in [0.2, 0.25) is 0 Å². The van der Waals surface area contributed by atoms with E-state index in [1.54, 1.807) is 0 Å². The molecule has 1 aliphatic heterocycles. The molecule has 0 bridgehead atoms. The lowest BCUT2D eigenvalue weighted by atomic mass is 10.1. The van der Waals surface area contributed by atoms with Crippen LogP contribution in [-0.2, 0) is 17.8 Å². The van der Waals surface area contributed by atoms with E-state index in [-0.39, 0.29) is 5.75 Å². The summed E-state index contributed by atoms with van der Waals surface area (Å²) in [6, 6.07) is 0. The number of hydrogen-bond donors (Lipinski definition) is 1. The Kier molecular flexibility index (Phi) is 5.57. The molecule has 1 aliphatic rings. The molecule has 1 aromatic heterocycles. The third-order valence-electron chi connectivity index (χ3n) is 3.06. The Labute approximate surface area is 121 Å². The van der Waals surface area contributed by atoms with Crippen LogP contribution in [0.25, 0.3) is 0 Å². The van der Waals surface area contributed by atoms with Crippen molar-refractivity contribution in [3.8, 4) is 0 Å². The van der Waals surface area contributed by atoms with Gasteiger partial charge in [0.1, 0.15) is 5.82 Å². The average molecular weight is 301 g/mol. The summed E-state index contributed by atoms with van der Waals surface area (Å²) in [5.41, 5.74) is 0. The number of carboxylic acid groups (broad SMARTS) is 1. The molecule has 0 radical (unpaired) electrons. The van der Waals surface area contributed by atoms with Crippen molar-refractivity contribution in [1.82, 2.24) is 14.8 Å². The maximum absolute atomic E-state index is 10.7. The van der Waals surface area contributed by atoms with Crippen LogP contribution in [0.5, 0.6) is 0 Å². The number of carboxylic acids is 1. The molecule has 1 aromatic rings. The Bertz CT molecular complexity index is 431. The van der Waals surface area contributed by atoms with Gasteiger partial charge in [0.25, 0.3) is 0 Å². The zero-order chi connectivity index (χ0) is 13.7. The zero-order valence-corrected chi connectivity index (χ0v) is 12.7. The number of aryl methyl sites for hydroxylation is 1. The fourth-order valence-electron chi connectivity index (χ4n) is 2.13. The Morgan fingerprint density at radius 1 is 1.58 bits per heavy atom. The fourth-order valence-corrected chi connectivity index (χ4v) is 4.09. The quantitative estimate of drug-likeness (QED) is 0.778. The van der Waals surface area contributed by atoms with E-state index in [2.05, 4.69) is 21.7 Å². The first kappa shape index (κ1) is 14.7. The number of nitrogens with zero attached hydrogens (tertiary/aromatic N) is 3. The van der Waals surface area contributed by atoms with Gasteiger partial charge in [0.05, 0.1) is 5.75 Å². The average Bonchev–Trinajstić information content (AvgIpc) is 2.99. The number of rotatable bonds is 7. The van der Waals surface area contributed by atoms with Crippen molar-refractivity contribution >= 4 is 29.5 Å². The molecular weight excluding hydrogens is 282 g/mol. The van der Waals surface area contributed by atoms with Gasteiger partial charge in [-0.05, 0) is 30.3 Å². The van der Waals surface area contributed by atoms with Crippen LogP contribution in [0.4, 0.5) is 0 Å². The smallest absolute Gasteiger partial charge is 0.313 e. The molecule has 106 valence electrons. The number of aliphatic carboxylic acids is 1. The minimum atomic E-state index is -0.812. The van der Waals surface area contributed by atoms with Crippen molar-refractivity contribution in [2.24, 2.45) is 5.92 Å². The molecule has 0 spiro atoms. The number of thioether (sulfide) groups is 2. The lowest BCUT2D eigenvalue weighted by Crippen LogP contribution is -2.14. The van der Waals surface area contributed by atoms with Crippen molar-refractivity contribution < 1.29 is 9.90 Å². The summed E-state index contributed by atoms with van der Waals surface area (Å²) in [5.74, 6) is 3.31. The molecule has 1 N–H and O–H groups in total. The van der Waals surface area contributed by atoms with Gasteiger partial charge in [0, 0.05) is 13.0 Å². The first-order valence-corrected chi connectivity index (χ1v) is 8.69. The van der Waals surface area contributed by atoms with Gasteiger partial charge in [-0.25, -0.2) is 0 Å². The molecule has 1 fully saturated rings. The molecule has 19 heavy (non-hydrogen) atoms. The molecule has 7 heteroatoms. The maximum Gasteiger partial charge on any atom is 0.313 e. The summed E-state index contributed by atoms with van der Waals surface area (Å²) in [7, 11) is 0. The highest BCUT2D eigenvalue weighted by atomic mass is 32.2. The molecule has 0 amide bonds. The second kappa shape index (κ2) is 7.19. The molecule has 0 aromatic carbocycles. The molecule has 1 saturated heterocycles. The summed E-state index contributed by atoms with van der Waals surface area (Å²) in [5, 5.41) is 17.9. The highest BCUT2D eigenvalue weighted by molar-refractivity contribution is 7.99. The topological polar surface area (TPSA) is 68.0 Å². The fraction of sp³-hybridized carbons (Fsp3) is 0.750. The number of carbonyl (C=O) groups is 1. The van der Waals surface area contributed by atoms with Crippen molar-refractivity contribution in [1.29, 1.82) is 0 Å². The van der Waals surface area contributed by atoms with Crippen LogP contribution in [0.1, 0.15) is 25.6 Å². The van der Waals surface area contributed by atoms with Gasteiger partial charge in [-0.3, -0.25) is 4.79 Å². The zero-order valence-electron chi connectivity index (χ0n) is 11.0. The van der Waals surface area contributed by atoms with Crippen molar-refractivity contribution in [2.45, 2.75) is 37.9 Å². The van der Waals surface area contributed by atoms with E-state index >= 15 is 0 Å². The molecule has 5 nitrogen and oxygen atoms in total. The largest absolute Gasteiger partial charge is 0.481 e. The molecule has 2 heterocycles. The molecule has 1 atom stereocenters. The van der Waals surface area contributed by atoms with Gasteiger partial charge >= 0.3 is 5.97 Å². The van der Waals surface area contributed by atoms with Crippen LogP contribution >= 0.6 is 23.5 Å². The van der Waals surface area contributed by atoms with E-state index in [1.165, 1.54) is 29.7 Å². The molecular formula is C12H19N3O2S2. The van der Waals surface area contributed by atoms with Gasteiger partial charge in [-0.1, -0.05) is 18.7 Å². The second-order valence-corrected chi connectivity index (χ2v) is 6.76. The van der Waals surface area contributed by atoms with Gasteiger partial charge in [0.15, 0.2) is 5.16 Å². The summed E-state index contributed by atoms with van der Waals surface area (Å²) < 4.78 is 2.13. The minimum absolute atomic E-state index is 0.0453. The van der Waals surface area contributed by atoms with Crippen LogP contribution in [-0.4, -0.2) is 43.1 Å². The van der Waals surface area contributed by atoms with Crippen molar-refractivity contribution in [3.63, 3.8) is 0 Å². The highest BCUT2D eigenvalue weighted by Crippen LogP contribution is 2.27. The molecule has 2 rings (SSSR count). The SMILES string of the molecule is CCCc1nnc(SCC(=O)O)n1CC1CCSC1. The molecule has 0 aliphatic carbocycles. The Morgan fingerprint density at radius 3 is 3.05 bits per heavy atom. The normalized spacial score (nSPS) is 18.9. The number of aromatic nitrogens is 3. The minimum Gasteiger partial charge on any atom is -0.481 e. The Hall–Kier alpha value is -0.690. The lowest BCUT2D eigenvalue weighted by Gasteiger charge is -2.13. The summed E-state index contributed by atoms with van der Waals surface area (Å²) in [6.45, 7) is 3.05. The molecule has 1 unspecified atom stereocenters. The van der Waals surface area contributed by atoms with E-state index in [4.69, 9.17) is 5.11 Å². The first-order valence-electron chi connectivity index (χ1n) is 6.55. The van der Waals surface area contributed by atoms with Crippen molar-refractivity contribution in [3.05, 3.63) is 5.82 Å². The van der Waals surface area contributed by atoms with Crippen LogP contribution in [0.3, 0.4) is 0 Å². The van der Waals surface area contributed by atoms with Gasteiger partial charge in [-0.15, -0.1) is 10.2 Å². The summed E-state index contributed by atoms with van der Waals surface area (Å²) in [6.07, 6.45) is 3.17. The van der Waals surface area contributed by atoms with E-state index in [0.717, 1.165) is 30.4 Å². The van der Waals surface area contributed by atoms with E-state index in [1.807, 2.05) is 11.8 Å². The van der Waals surface area contributed by atoms with Gasteiger partial charge < -0.3 is 9.67 Å². The van der Waals surface area contributed by atoms with Crippen LogP contribution in [0.15, 0.2) is 5.16 Å². The Balaban J connectivity index is 2.09. The monoisotopic (exact) mass is 301 g/mol. The van der Waals surface area contributed by atoms with Gasteiger partial charge in [-0.2, -0.15) is 11.8 Å². The Morgan fingerprint density at radius 2 is 2.42 bits per heavy atom. The number of hydrogen-bond acceptors (Lipinski definition) is 5. The van der Waals surface area contributed by atoms with E-state index in [9.17, 15) is 4.79 Å². The van der Waals surface area contributed by atoms with E-state index in [0.29, 0.717) is 5.92 Å². The third kappa shape index (κ3) is 4.14. The maximum atomic E-state index is 10.7. The van der Waals surface area contributed by atoms with Crippen molar-refractivity contribution in [2.75, 3.05) is 17.3 Å². The standard InChI is InChI=1S/C12H19N3O2S2/c1-2-3-10-13-14-12(19-8-11(16)17)15(10)6-9-4-5-18-7-9/h9H,2-8H2,1H3,(H,16,17). The van der Waals surface area contributed by atoms with Gasteiger partial charge in [0.2, 0.25) is 0 Å². The summed E-state index contributed by atoms with van der Waals surface area (Å²) in [4.78, 5) is 10.7. The predicted molar refractivity (Wildman–Crippen MR) is 77.8 cm³/mol.